The van der Waals surface area contributed by atoms with Crippen LogP contribution in [0.15, 0.2) is 61.1 Å². The Morgan fingerprint density at radius 2 is 1.81 bits per heavy atom. The van der Waals surface area contributed by atoms with E-state index in [-0.39, 0.29) is 18.1 Å². The van der Waals surface area contributed by atoms with Crippen LogP contribution in [-0.2, 0) is 6.54 Å². The lowest BCUT2D eigenvalue weighted by atomic mass is 10.2. The fraction of sp³-hybridized carbons (Fsp3) is 0.0476. The molecule has 0 fully saturated rings. The number of nitrogens with zero attached hydrogens (tertiary/aromatic N) is 3. The molecule has 32 heavy (non-hydrogen) atoms. The summed E-state index contributed by atoms with van der Waals surface area (Å²) in [6, 6.07) is 10.9. The van der Waals surface area contributed by atoms with Gasteiger partial charge in [-0.25, -0.2) is 23.1 Å². The number of nitrogens with two attached hydrogens (primary N) is 1. The first-order valence-electron chi connectivity index (χ1n) is 9.39. The second-order valence-electron chi connectivity index (χ2n) is 6.76. The highest BCUT2D eigenvalue weighted by atomic mass is 19.2. The van der Waals surface area contributed by atoms with Crippen LogP contribution in [0.3, 0.4) is 0 Å². The van der Waals surface area contributed by atoms with Crippen LogP contribution in [0.4, 0.5) is 30.8 Å². The zero-order chi connectivity index (χ0) is 22.7. The molecule has 0 aliphatic rings. The van der Waals surface area contributed by atoms with E-state index in [0.29, 0.717) is 22.3 Å². The van der Waals surface area contributed by atoms with E-state index in [9.17, 15) is 18.4 Å². The minimum atomic E-state index is -1.06. The second kappa shape index (κ2) is 8.68. The van der Waals surface area contributed by atoms with Crippen LogP contribution >= 0.6 is 0 Å². The minimum absolute atomic E-state index is 0.116. The van der Waals surface area contributed by atoms with Crippen LogP contribution in [0.5, 0.6) is 0 Å². The van der Waals surface area contributed by atoms with Gasteiger partial charge in [-0.3, -0.25) is 4.79 Å². The van der Waals surface area contributed by atoms with Gasteiger partial charge < -0.3 is 21.7 Å². The first kappa shape index (κ1) is 20.7. The number of rotatable bonds is 5. The van der Waals surface area contributed by atoms with E-state index in [4.69, 9.17) is 5.73 Å². The van der Waals surface area contributed by atoms with E-state index >= 15 is 0 Å². The van der Waals surface area contributed by atoms with Crippen molar-refractivity contribution in [1.29, 1.82) is 0 Å². The first-order chi connectivity index (χ1) is 15.4. The van der Waals surface area contributed by atoms with Gasteiger partial charge in [0.05, 0.1) is 5.56 Å². The lowest BCUT2D eigenvalue weighted by molar-refractivity contribution is 0.102. The topological polar surface area (TPSA) is 126 Å². The number of amides is 3. The second-order valence-corrected chi connectivity index (χ2v) is 6.76. The number of aromatic nitrogens is 3. The van der Waals surface area contributed by atoms with Crippen molar-refractivity contribution in [2.75, 3.05) is 16.4 Å². The molecule has 0 unspecified atom stereocenters. The molecule has 0 bridgehead atoms. The normalized spacial score (nSPS) is 10.7. The van der Waals surface area contributed by atoms with Gasteiger partial charge in [-0.1, -0.05) is 12.1 Å². The maximum atomic E-state index is 13.2. The van der Waals surface area contributed by atoms with Crippen molar-refractivity contribution in [3.63, 3.8) is 0 Å². The van der Waals surface area contributed by atoms with E-state index in [1.165, 1.54) is 16.9 Å². The van der Waals surface area contributed by atoms with Crippen molar-refractivity contribution in [3.05, 3.63) is 83.8 Å². The molecule has 0 atom stereocenters. The fourth-order valence-electron chi connectivity index (χ4n) is 3.05. The molecule has 0 spiro atoms. The monoisotopic (exact) mass is 437 g/mol. The molecule has 0 radical (unpaired) electrons. The lowest BCUT2D eigenvalue weighted by Gasteiger charge is -2.10. The zero-order valence-electron chi connectivity index (χ0n) is 16.5. The predicted molar refractivity (Wildman–Crippen MR) is 114 cm³/mol. The number of halogens is 2. The SMILES string of the molecule is Nc1ncnn2ccc(C(=O)Nc3cccc(CNC(=O)Nc4ccc(F)c(F)c4)c3)c12. The number of fused-ring (bicyclic) bond motifs is 1. The van der Waals surface area contributed by atoms with Crippen molar-refractivity contribution in [1.82, 2.24) is 19.9 Å². The van der Waals surface area contributed by atoms with Gasteiger partial charge in [0, 0.05) is 30.2 Å². The summed E-state index contributed by atoms with van der Waals surface area (Å²) in [5.41, 5.74) is 7.90. The number of anilines is 3. The van der Waals surface area contributed by atoms with Crippen LogP contribution in [0, 0.1) is 11.6 Å². The highest BCUT2D eigenvalue weighted by molar-refractivity contribution is 6.10. The summed E-state index contributed by atoms with van der Waals surface area (Å²) in [5, 5.41) is 11.8. The smallest absolute Gasteiger partial charge is 0.319 e. The van der Waals surface area contributed by atoms with Gasteiger partial charge in [-0.2, -0.15) is 5.10 Å². The van der Waals surface area contributed by atoms with Crippen LogP contribution in [0.2, 0.25) is 0 Å². The average molecular weight is 437 g/mol. The quantitative estimate of drug-likeness (QED) is 0.382. The molecule has 3 amide bonds. The largest absolute Gasteiger partial charge is 0.382 e. The number of carbonyl (C=O) groups excluding carboxylic acids is 2. The summed E-state index contributed by atoms with van der Waals surface area (Å²) >= 11 is 0. The number of benzene rings is 2. The summed E-state index contributed by atoms with van der Waals surface area (Å²) in [4.78, 5) is 28.6. The summed E-state index contributed by atoms with van der Waals surface area (Å²) in [6.45, 7) is 0.134. The van der Waals surface area contributed by atoms with Crippen LogP contribution in [-0.4, -0.2) is 26.5 Å². The highest BCUT2D eigenvalue weighted by Crippen LogP contribution is 2.19. The number of hydrogen-bond donors (Lipinski definition) is 4. The zero-order valence-corrected chi connectivity index (χ0v) is 16.5. The predicted octanol–water partition coefficient (Wildman–Crippen LogP) is 3.16. The Morgan fingerprint density at radius 3 is 2.62 bits per heavy atom. The van der Waals surface area contributed by atoms with Crippen molar-refractivity contribution in [3.8, 4) is 0 Å². The van der Waals surface area contributed by atoms with Gasteiger partial charge in [-0.05, 0) is 35.9 Å². The fourth-order valence-corrected chi connectivity index (χ4v) is 3.05. The molecule has 4 rings (SSSR count). The Kier molecular flexibility index (Phi) is 5.62. The maximum Gasteiger partial charge on any atom is 0.319 e. The van der Waals surface area contributed by atoms with E-state index in [2.05, 4.69) is 26.0 Å². The Bertz CT molecular complexity index is 1320. The number of hydrogen-bond acceptors (Lipinski definition) is 5. The first-order valence-corrected chi connectivity index (χ1v) is 9.39. The Balaban J connectivity index is 1.39. The molecule has 11 heteroatoms. The summed E-state index contributed by atoms with van der Waals surface area (Å²) in [7, 11) is 0. The summed E-state index contributed by atoms with van der Waals surface area (Å²) in [6.07, 6.45) is 2.90. The molecule has 9 nitrogen and oxygen atoms in total. The van der Waals surface area contributed by atoms with E-state index < -0.39 is 23.6 Å². The molecule has 0 aliphatic heterocycles. The molecule has 4 aromatic rings. The van der Waals surface area contributed by atoms with Gasteiger partial charge in [0.1, 0.15) is 11.8 Å². The molecule has 2 aromatic heterocycles. The highest BCUT2D eigenvalue weighted by Gasteiger charge is 2.15. The number of carbonyl (C=O) groups is 2. The van der Waals surface area contributed by atoms with Gasteiger partial charge in [-0.15, -0.1) is 0 Å². The molecule has 5 N–H and O–H groups in total. The Morgan fingerprint density at radius 1 is 1.00 bits per heavy atom. The standard InChI is InChI=1S/C21H17F2N7O2/c22-16-5-4-14(9-17(16)23)29-21(32)25-10-12-2-1-3-13(8-12)28-20(31)15-6-7-30-18(15)19(24)26-11-27-30/h1-9,11H,10H2,(H,28,31)(H2,24,26,27)(H2,25,29,32). The number of nitrogens with one attached hydrogen (secondary N) is 3. The molecular weight excluding hydrogens is 420 g/mol. The maximum absolute atomic E-state index is 13.2. The molecule has 2 heterocycles. The van der Waals surface area contributed by atoms with Gasteiger partial charge >= 0.3 is 6.03 Å². The van der Waals surface area contributed by atoms with Gasteiger partial charge in [0.15, 0.2) is 17.5 Å². The average Bonchev–Trinajstić information content (AvgIpc) is 3.21. The lowest BCUT2D eigenvalue weighted by Crippen LogP contribution is -2.28. The van der Waals surface area contributed by atoms with Gasteiger partial charge in [0.2, 0.25) is 0 Å². The van der Waals surface area contributed by atoms with E-state index in [1.54, 1.807) is 36.5 Å². The molecule has 0 saturated carbocycles. The third-order valence-corrected chi connectivity index (χ3v) is 4.54. The summed E-state index contributed by atoms with van der Waals surface area (Å²) < 4.78 is 27.7. The van der Waals surface area contributed by atoms with Crippen molar-refractivity contribution in [2.24, 2.45) is 0 Å². The van der Waals surface area contributed by atoms with Crippen LogP contribution < -0.4 is 21.7 Å². The molecule has 162 valence electrons. The molecule has 2 aromatic carbocycles. The Labute approximate surface area is 180 Å². The Hall–Kier alpha value is -4.54. The molecule has 0 saturated heterocycles. The molecular formula is C21H17F2N7O2. The number of nitrogen functional groups attached to an aromatic ring is 1. The van der Waals surface area contributed by atoms with E-state index in [0.717, 1.165) is 12.1 Å². The third-order valence-electron chi connectivity index (χ3n) is 4.54. The van der Waals surface area contributed by atoms with Crippen LogP contribution in [0.1, 0.15) is 15.9 Å². The van der Waals surface area contributed by atoms with Crippen molar-refractivity contribution < 1.29 is 18.4 Å². The van der Waals surface area contributed by atoms with Crippen molar-refractivity contribution >= 4 is 34.6 Å². The number of urea groups is 1. The van der Waals surface area contributed by atoms with E-state index in [1.807, 2.05) is 0 Å². The van der Waals surface area contributed by atoms with Gasteiger partial charge in [0.25, 0.3) is 5.91 Å². The summed E-state index contributed by atoms with van der Waals surface area (Å²) in [5.74, 6) is -2.27. The third kappa shape index (κ3) is 4.46. The van der Waals surface area contributed by atoms with Crippen LogP contribution in [0.25, 0.3) is 5.52 Å². The molecule has 0 aliphatic carbocycles. The minimum Gasteiger partial charge on any atom is -0.382 e. The van der Waals surface area contributed by atoms with Crippen molar-refractivity contribution in [2.45, 2.75) is 6.54 Å².